The maximum absolute atomic E-state index is 12.5. The van der Waals surface area contributed by atoms with Crippen molar-refractivity contribution in [2.75, 3.05) is 53.0 Å². The maximum atomic E-state index is 12.5. The third-order valence-electron chi connectivity index (χ3n) is 5.29. The van der Waals surface area contributed by atoms with E-state index in [9.17, 15) is 9.59 Å². The summed E-state index contributed by atoms with van der Waals surface area (Å²) in [5.74, 6) is 1.40. The molecule has 2 fully saturated rings. The highest BCUT2D eigenvalue weighted by molar-refractivity contribution is 5.78. The molecular formula is C21H31N3O5. The number of para-hydroxylation sites is 2. The van der Waals surface area contributed by atoms with Gasteiger partial charge in [0.25, 0.3) is 5.91 Å². The van der Waals surface area contributed by atoms with Gasteiger partial charge in [-0.1, -0.05) is 12.1 Å². The molecule has 2 amide bonds. The normalized spacial score (nSPS) is 19.8. The summed E-state index contributed by atoms with van der Waals surface area (Å²) in [5, 5.41) is 4.80. The minimum Gasteiger partial charge on any atom is -0.493 e. The van der Waals surface area contributed by atoms with Crippen LogP contribution in [0.5, 0.6) is 11.5 Å². The number of rotatable bonds is 9. The highest BCUT2D eigenvalue weighted by Gasteiger charge is 2.25. The van der Waals surface area contributed by atoms with E-state index >= 15 is 0 Å². The smallest absolute Gasteiger partial charge is 0.257 e. The van der Waals surface area contributed by atoms with Crippen molar-refractivity contribution in [3.05, 3.63) is 24.3 Å². The average Bonchev–Trinajstić information content (AvgIpc) is 3.28. The second-order valence-corrected chi connectivity index (χ2v) is 7.46. The monoisotopic (exact) mass is 405 g/mol. The first kappa shape index (κ1) is 21.4. The lowest BCUT2D eigenvalue weighted by molar-refractivity contribution is -0.140. The summed E-state index contributed by atoms with van der Waals surface area (Å²) in [4.78, 5) is 32.0. The van der Waals surface area contributed by atoms with E-state index in [1.807, 2.05) is 22.1 Å². The van der Waals surface area contributed by atoms with Gasteiger partial charge in [0, 0.05) is 39.1 Å². The van der Waals surface area contributed by atoms with Gasteiger partial charge in [-0.2, -0.15) is 5.06 Å². The van der Waals surface area contributed by atoms with Crippen LogP contribution in [0.2, 0.25) is 0 Å². The van der Waals surface area contributed by atoms with Crippen molar-refractivity contribution in [1.29, 1.82) is 0 Å². The molecule has 2 heterocycles. The van der Waals surface area contributed by atoms with Crippen LogP contribution in [0.3, 0.4) is 0 Å². The number of nitrogens with one attached hydrogen (secondary N) is 1. The summed E-state index contributed by atoms with van der Waals surface area (Å²) in [7, 11) is 1.57. The lowest BCUT2D eigenvalue weighted by atomic mass is 9.97. The number of ether oxygens (including phenoxy) is 2. The Morgan fingerprint density at radius 1 is 1.21 bits per heavy atom. The number of hydrogen-bond donors (Lipinski definition) is 1. The Morgan fingerprint density at radius 2 is 2.03 bits per heavy atom. The zero-order valence-corrected chi connectivity index (χ0v) is 17.1. The summed E-state index contributed by atoms with van der Waals surface area (Å²) in [6.07, 6.45) is 3.48. The number of benzene rings is 1. The topological polar surface area (TPSA) is 80.3 Å². The first-order valence-corrected chi connectivity index (χ1v) is 10.3. The van der Waals surface area contributed by atoms with Gasteiger partial charge in [0.05, 0.1) is 13.7 Å². The first-order valence-electron chi connectivity index (χ1n) is 10.3. The fourth-order valence-electron chi connectivity index (χ4n) is 3.70. The molecule has 0 aliphatic carbocycles. The van der Waals surface area contributed by atoms with Crippen molar-refractivity contribution < 1.29 is 23.9 Å². The van der Waals surface area contributed by atoms with Crippen LogP contribution >= 0.6 is 0 Å². The molecule has 1 aromatic rings. The van der Waals surface area contributed by atoms with Crippen LogP contribution in [0.15, 0.2) is 24.3 Å². The molecule has 29 heavy (non-hydrogen) atoms. The number of piperidine rings is 1. The molecule has 0 spiro atoms. The lowest BCUT2D eigenvalue weighted by Crippen LogP contribution is -2.44. The van der Waals surface area contributed by atoms with E-state index in [0.29, 0.717) is 37.6 Å². The van der Waals surface area contributed by atoms with Gasteiger partial charge in [-0.3, -0.25) is 14.4 Å². The van der Waals surface area contributed by atoms with Crippen LogP contribution in [0.4, 0.5) is 0 Å². The summed E-state index contributed by atoms with van der Waals surface area (Å²) >= 11 is 0. The zero-order chi connectivity index (χ0) is 20.5. The van der Waals surface area contributed by atoms with Crippen molar-refractivity contribution in [3.63, 3.8) is 0 Å². The van der Waals surface area contributed by atoms with E-state index in [1.165, 1.54) is 0 Å². The Bertz CT molecular complexity index is 678. The largest absolute Gasteiger partial charge is 0.493 e. The fourth-order valence-corrected chi connectivity index (χ4v) is 3.70. The number of hydroxylamine groups is 2. The average molecular weight is 405 g/mol. The Labute approximate surface area is 172 Å². The Morgan fingerprint density at radius 3 is 2.79 bits per heavy atom. The molecule has 2 aliphatic heterocycles. The molecule has 160 valence electrons. The van der Waals surface area contributed by atoms with Crippen LogP contribution in [0.1, 0.15) is 25.7 Å². The van der Waals surface area contributed by atoms with Gasteiger partial charge in [-0.05, 0) is 37.3 Å². The summed E-state index contributed by atoms with van der Waals surface area (Å²) in [6.45, 7) is 4.27. The molecule has 0 aromatic heterocycles. The van der Waals surface area contributed by atoms with Crippen LogP contribution in [0, 0.1) is 5.92 Å². The number of nitrogens with zero attached hydrogens (tertiary/aromatic N) is 2. The third-order valence-corrected chi connectivity index (χ3v) is 5.29. The van der Waals surface area contributed by atoms with Crippen molar-refractivity contribution in [3.8, 4) is 11.5 Å². The van der Waals surface area contributed by atoms with Gasteiger partial charge in [-0.15, -0.1) is 0 Å². The van der Waals surface area contributed by atoms with Crippen LogP contribution in [0.25, 0.3) is 0 Å². The Balaban J connectivity index is 1.36. The molecule has 0 bridgehead atoms. The Kier molecular flexibility index (Phi) is 8.13. The first-order chi connectivity index (χ1) is 14.2. The molecule has 0 radical (unpaired) electrons. The van der Waals surface area contributed by atoms with Crippen LogP contribution in [-0.4, -0.2) is 74.8 Å². The zero-order valence-electron chi connectivity index (χ0n) is 17.1. The van der Waals surface area contributed by atoms with E-state index < -0.39 is 0 Å². The van der Waals surface area contributed by atoms with E-state index in [4.69, 9.17) is 14.3 Å². The molecule has 1 atom stereocenters. The number of likely N-dealkylation sites (tertiary alicyclic amines) is 1. The van der Waals surface area contributed by atoms with E-state index in [0.717, 1.165) is 39.0 Å². The molecule has 8 heteroatoms. The fraction of sp³-hybridized carbons (Fsp3) is 0.619. The van der Waals surface area contributed by atoms with Gasteiger partial charge >= 0.3 is 0 Å². The number of methoxy groups -OCH3 is 1. The molecule has 2 saturated heterocycles. The SMILES string of the molecule is COc1ccccc1OCC(=O)NCC1CCCN(C(=O)CCN2CCCO2)C1. The molecule has 3 rings (SSSR count). The Hall–Kier alpha value is -2.32. The standard InChI is InChI=1S/C21H31N3O5/c1-27-18-7-2-3-8-19(18)28-16-20(25)22-14-17-6-4-10-23(15-17)21(26)9-12-24-11-5-13-29-24/h2-3,7-8,17H,4-6,9-16H2,1H3,(H,22,25). The number of carbonyl (C=O) groups is 2. The van der Waals surface area contributed by atoms with Crippen molar-refractivity contribution in [2.24, 2.45) is 5.92 Å². The van der Waals surface area contributed by atoms with Gasteiger partial charge in [0.2, 0.25) is 5.91 Å². The van der Waals surface area contributed by atoms with Crippen molar-refractivity contribution >= 4 is 11.8 Å². The minimum absolute atomic E-state index is 0.0639. The second kappa shape index (κ2) is 11.0. The summed E-state index contributed by atoms with van der Waals surface area (Å²) < 4.78 is 10.8. The van der Waals surface area contributed by atoms with E-state index in [-0.39, 0.29) is 24.3 Å². The van der Waals surface area contributed by atoms with Crippen LogP contribution < -0.4 is 14.8 Å². The second-order valence-electron chi connectivity index (χ2n) is 7.46. The molecule has 1 aromatic carbocycles. The quantitative estimate of drug-likeness (QED) is 0.670. The molecular weight excluding hydrogens is 374 g/mol. The highest BCUT2D eigenvalue weighted by Crippen LogP contribution is 2.25. The molecule has 1 unspecified atom stereocenters. The third kappa shape index (κ3) is 6.61. The van der Waals surface area contributed by atoms with Crippen molar-refractivity contribution in [1.82, 2.24) is 15.3 Å². The highest BCUT2D eigenvalue weighted by atomic mass is 16.7. The summed E-state index contributed by atoms with van der Waals surface area (Å²) in [6, 6.07) is 7.24. The van der Waals surface area contributed by atoms with Crippen molar-refractivity contribution in [2.45, 2.75) is 25.7 Å². The molecule has 0 saturated carbocycles. The predicted octanol–water partition coefficient (Wildman–Crippen LogP) is 1.46. The molecule has 8 nitrogen and oxygen atoms in total. The van der Waals surface area contributed by atoms with E-state index in [1.54, 1.807) is 19.2 Å². The number of carbonyl (C=O) groups excluding carboxylic acids is 2. The van der Waals surface area contributed by atoms with Gasteiger partial charge in [-0.25, -0.2) is 0 Å². The van der Waals surface area contributed by atoms with E-state index in [2.05, 4.69) is 5.32 Å². The maximum Gasteiger partial charge on any atom is 0.257 e. The summed E-state index contributed by atoms with van der Waals surface area (Å²) in [5.41, 5.74) is 0. The molecule has 1 N–H and O–H groups in total. The number of hydrogen-bond acceptors (Lipinski definition) is 6. The minimum atomic E-state index is -0.175. The van der Waals surface area contributed by atoms with Gasteiger partial charge in [0.15, 0.2) is 18.1 Å². The number of amides is 2. The van der Waals surface area contributed by atoms with Gasteiger partial charge in [0.1, 0.15) is 0 Å². The van der Waals surface area contributed by atoms with Crippen LogP contribution in [-0.2, 0) is 14.4 Å². The lowest BCUT2D eigenvalue weighted by Gasteiger charge is -2.33. The van der Waals surface area contributed by atoms with Gasteiger partial charge < -0.3 is 19.7 Å². The predicted molar refractivity (Wildman–Crippen MR) is 108 cm³/mol. The molecule has 2 aliphatic rings.